The van der Waals surface area contributed by atoms with Crippen LogP contribution in [0.2, 0.25) is 0 Å². The Kier molecular flexibility index (Phi) is 21.9. The molecule has 176 valence electrons. The van der Waals surface area contributed by atoms with Crippen molar-refractivity contribution >= 4 is 11.9 Å². The van der Waals surface area contributed by atoms with Gasteiger partial charge in [-0.3, -0.25) is 0 Å². The molecule has 0 amide bonds. The number of rotatable bonds is 8. The van der Waals surface area contributed by atoms with Crippen molar-refractivity contribution in [2.75, 3.05) is 39.6 Å². The smallest absolute Gasteiger partial charge is 0.335 e. The number of aliphatic hydroxyl groups excluding tert-OH is 7. The van der Waals surface area contributed by atoms with Crippen molar-refractivity contribution < 1.29 is 55.5 Å². The molecule has 1 aromatic rings. The molecule has 0 aliphatic rings. The van der Waals surface area contributed by atoms with E-state index in [9.17, 15) is 9.59 Å². The van der Waals surface area contributed by atoms with Gasteiger partial charge < -0.3 is 46.0 Å². The Bertz CT molecular complexity index is 487. The van der Waals surface area contributed by atoms with Crippen LogP contribution in [-0.4, -0.2) is 104 Å². The molecule has 0 radical (unpaired) electrons. The van der Waals surface area contributed by atoms with Crippen LogP contribution in [0.15, 0.2) is 24.3 Å². The van der Waals surface area contributed by atoms with Crippen molar-refractivity contribution in [1.82, 2.24) is 0 Å². The van der Waals surface area contributed by atoms with Crippen LogP contribution in [0.3, 0.4) is 0 Å². The van der Waals surface area contributed by atoms with E-state index in [1.165, 1.54) is 31.2 Å². The molecule has 1 aromatic carbocycles. The molecule has 0 aliphatic heterocycles. The molecule has 9 N–H and O–H groups in total. The van der Waals surface area contributed by atoms with Gasteiger partial charge in [0.1, 0.15) is 0 Å². The highest BCUT2D eigenvalue weighted by Crippen LogP contribution is 2.18. The molecule has 0 aliphatic carbocycles. The Morgan fingerprint density at radius 1 is 0.800 bits per heavy atom. The van der Waals surface area contributed by atoms with E-state index >= 15 is 0 Å². The van der Waals surface area contributed by atoms with Crippen LogP contribution in [0, 0.1) is 5.41 Å². The molecule has 0 saturated heterocycles. The van der Waals surface area contributed by atoms with Crippen molar-refractivity contribution in [2.24, 2.45) is 5.41 Å². The van der Waals surface area contributed by atoms with E-state index in [0.29, 0.717) is 6.42 Å². The van der Waals surface area contributed by atoms with E-state index in [1.54, 1.807) is 0 Å². The molecule has 0 bridgehead atoms. The summed E-state index contributed by atoms with van der Waals surface area (Å²) >= 11 is 0. The number of carboxylic acid groups (broad SMARTS) is 2. The summed E-state index contributed by atoms with van der Waals surface area (Å²) in [5.41, 5.74) is -0.500. The first-order chi connectivity index (χ1) is 14.0. The van der Waals surface area contributed by atoms with Crippen molar-refractivity contribution in [1.29, 1.82) is 0 Å². The highest BCUT2D eigenvalue weighted by atomic mass is 16.4. The maximum Gasteiger partial charge on any atom is 0.335 e. The molecule has 0 aromatic heterocycles. The fourth-order valence-corrected chi connectivity index (χ4v) is 1.24. The molecule has 0 saturated carbocycles. The van der Waals surface area contributed by atoms with Gasteiger partial charge in [0.15, 0.2) is 0 Å². The lowest BCUT2D eigenvalue weighted by atomic mass is 9.88. The van der Waals surface area contributed by atoms with Crippen LogP contribution in [0.1, 0.15) is 41.0 Å². The summed E-state index contributed by atoms with van der Waals surface area (Å²) in [5, 5.41) is 74.2. The summed E-state index contributed by atoms with van der Waals surface area (Å²) < 4.78 is 0. The highest BCUT2D eigenvalue weighted by molar-refractivity contribution is 5.91. The van der Waals surface area contributed by atoms with E-state index in [4.69, 9.17) is 46.0 Å². The van der Waals surface area contributed by atoms with Gasteiger partial charge in [-0.05, 0) is 37.6 Å². The SMILES string of the molecule is CC(O)CO.CCC(CO)(CO)CO.O=C(O)c1ccc(C(=O)O)cc1.OCCO. The number of hydrogen-bond donors (Lipinski definition) is 9. The van der Waals surface area contributed by atoms with Crippen LogP contribution in [0.4, 0.5) is 0 Å². The van der Waals surface area contributed by atoms with Gasteiger partial charge >= 0.3 is 11.9 Å². The molecule has 11 heteroatoms. The molecule has 1 unspecified atom stereocenters. The second kappa shape index (κ2) is 20.2. The van der Waals surface area contributed by atoms with Gasteiger partial charge in [-0.1, -0.05) is 6.92 Å². The Hall–Kier alpha value is -2.12. The molecule has 0 spiro atoms. The van der Waals surface area contributed by atoms with E-state index in [1.807, 2.05) is 6.92 Å². The lowest BCUT2D eigenvalue weighted by Gasteiger charge is -2.24. The quantitative estimate of drug-likeness (QED) is 0.234. The fourth-order valence-electron chi connectivity index (χ4n) is 1.24. The maximum absolute atomic E-state index is 10.3. The molecule has 1 atom stereocenters. The first kappa shape index (κ1) is 32.5. The number of aromatic carboxylic acids is 2. The van der Waals surface area contributed by atoms with Crippen molar-refractivity contribution in [3.63, 3.8) is 0 Å². The predicted octanol–water partition coefficient (Wildman–Crippen LogP) is -1.23. The van der Waals surface area contributed by atoms with Crippen LogP contribution < -0.4 is 0 Å². The van der Waals surface area contributed by atoms with E-state index in [-0.39, 0.29) is 50.8 Å². The number of carboxylic acids is 2. The number of aliphatic hydroxyl groups is 7. The minimum absolute atomic E-state index is 0.0833. The number of carbonyl (C=O) groups is 2. The molecule has 0 fully saturated rings. The maximum atomic E-state index is 10.3. The fraction of sp³-hybridized carbons (Fsp3) is 0.579. The zero-order valence-corrected chi connectivity index (χ0v) is 17.2. The average molecular weight is 438 g/mol. The van der Waals surface area contributed by atoms with Gasteiger partial charge in [0.25, 0.3) is 0 Å². The molecule has 11 nitrogen and oxygen atoms in total. The van der Waals surface area contributed by atoms with Crippen molar-refractivity contribution in [3.8, 4) is 0 Å². The van der Waals surface area contributed by atoms with Crippen LogP contribution in [0.5, 0.6) is 0 Å². The molecule has 30 heavy (non-hydrogen) atoms. The molecule has 1 rings (SSSR count). The second-order valence-corrected chi connectivity index (χ2v) is 5.99. The summed E-state index contributed by atoms with van der Waals surface area (Å²) in [6.07, 6.45) is 0.0336. The monoisotopic (exact) mass is 438 g/mol. The Balaban J connectivity index is -0.000000357. The minimum atomic E-state index is -1.06. The van der Waals surface area contributed by atoms with E-state index < -0.39 is 23.5 Å². The largest absolute Gasteiger partial charge is 0.478 e. The highest BCUT2D eigenvalue weighted by Gasteiger charge is 2.24. The zero-order chi connectivity index (χ0) is 24.2. The van der Waals surface area contributed by atoms with Crippen molar-refractivity contribution in [2.45, 2.75) is 26.4 Å². The number of hydrogen-bond acceptors (Lipinski definition) is 9. The third-order valence-corrected chi connectivity index (χ3v) is 3.50. The van der Waals surface area contributed by atoms with Crippen molar-refractivity contribution in [3.05, 3.63) is 35.4 Å². The first-order valence-electron chi connectivity index (χ1n) is 8.94. The van der Waals surface area contributed by atoms with E-state index in [0.717, 1.165) is 0 Å². The van der Waals surface area contributed by atoms with Crippen LogP contribution >= 0.6 is 0 Å². The second-order valence-electron chi connectivity index (χ2n) is 5.99. The van der Waals surface area contributed by atoms with Gasteiger partial charge in [-0.15, -0.1) is 0 Å². The van der Waals surface area contributed by atoms with E-state index in [2.05, 4.69) is 0 Å². The normalized spacial score (nSPS) is 10.8. The van der Waals surface area contributed by atoms with Gasteiger partial charge in [-0.25, -0.2) is 9.59 Å². The Morgan fingerprint density at radius 3 is 1.13 bits per heavy atom. The summed E-state index contributed by atoms with van der Waals surface area (Å²) in [6.45, 7) is 2.49. The molecule has 0 heterocycles. The first-order valence-corrected chi connectivity index (χ1v) is 8.94. The topological polar surface area (TPSA) is 216 Å². The van der Waals surface area contributed by atoms with Gasteiger partial charge in [0.05, 0.1) is 56.9 Å². The Labute approximate surface area is 175 Å². The third-order valence-electron chi connectivity index (χ3n) is 3.50. The number of benzene rings is 1. The van der Waals surface area contributed by atoms with Crippen LogP contribution in [-0.2, 0) is 0 Å². The summed E-state index contributed by atoms with van der Waals surface area (Å²) in [7, 11) is 0. The summed E-state index contributed by atoms with van der Waals surface area (Å²) in [4.78, 5) is 20.7. The van der Waals surface area contributed by atoms with Crippen LogP contribution in [0.25, 0.3) is 0 Å². The standard InChI is InChI=1S/C8H6O4.C6H14O3.C3H8O2.C2H6O2/c9-7(10)5-1-2-6(4-3-5)8(11)12;1-2-6(3-7,4-8)5-9;1-3(5)2-4;3-1-2-4/h1-4H,(H,9,10)(H,11,12);7-9H,2-5H2,1H3;3-5H,2H2,1H3;3-4H,1-2H2. The Morgan fingerprint density at radius 2 is 1.07 bits per heavy atom. The third kappa shape index (κ3) is 16.8. The molecular weight excluding hydrogens is 404 g/mol. The molecular formula is C19H34O11. The minimum Gasteiger partial charge on any atom is -0.478 e. The predicted molar refractivity (Wildman–Crippen MR) is 107 cm³/mol. The summed E-state index contributed by atoms with van der Waals surface area (Å²) in [5.74, 6) is -2.13. The zero-order valence-electron chi connectivity index (χ0n) is 17.2. The van der Waals surface area contributed by atoms with Gasteiger partial charge in [0, 0.05) is 5.41 Å². The average Bonchev–Trinajstić information content (AvgIpc) is 2.76. The lowest BCUT2D eigenvalue weighted by molar-refractivity contribution is 0.00303. The summed E-state index contributed by atoms with van der Waals surface area (Å²) in [6, 6.07) is 5.02. The van der Waals surface area contributed by atoms with Gasteiger partial charge in [-0.2, -0.15) is 0 Å². The van der Waals surface area contributed by atoms with Gasteiger partial charge in [0.2, 0.25) is 0 Å². The lowest BCUT2D eigenvalue weighted by Crippen LogP contribution is -2.32.